The lowest BCUT2D eigenvalue weighted by Crippen LogP contribution is -2.42. The van der Waals surface area contributed by atoms with Gasteiger partial charge in [0.05, 0.1) is 5.56 Å². The van der Waals surface area contributed by atoms with Crippen LogP contribution < -0.4 is 10.1 Å². The minimum absolute atomic E-state index is 0. The summed E-state index contributed by atoms with van der Waals surface area (Å²) in [5.41, 5.74) is 0.0766. The molecule has 2 aliphatic rings. The Morgan fingerprint density at radius 1 is 1.26 bits per heavy atom. The molecule has 3 rings (SSSR count). The monoisotopic (exact) mass is 285 g/mol. The number of benzene rings is 1. The number of fused-ring (bicyclic) bond motifs is 2. The Kier molecular flexibility index (Phi) is 4.42. The summed E-state index contributed by atoms with van der Waals surface area (Å²) in [6.45, 7) is 0. The van der Waals surface area contributed by atoms with Gasteiger partial charge in [0.25, 0.3) is 0 Å². The Balaban J connectivity index is 0.00000133. The molecule has 2 bridgehead atoms. The molecule has 5 heteroatoms. The van der Waals surface area contributed by atoms with E-state index in [9.17, 15) is 9.18 Å². The number of carbonyl (C=O) groups excluding carboxylic acids is 1. The van der Waals surface area contributed by atoms with Crippen molar-refractivity contribution in [2.24, 2.45) is 0 Å². The van der Waals surface area contributed by atoms with Gasteiger partial charge in [-0.25, -0.2) is 4.39 Å². The summed E-state index contributed by atoms with van der Waals surface area (Å²) < 4.78 is 19.3. The molecule has 1 aromatic rings. The van der Waals surface area contributed by atoms with Crippen LogP contribution in [0.1, 0.15) is 36.0 Å². The van der Waals surface area contributed by atoms with Gasteiger partial charge in [-0.3, -0.25) is 4.79 Å². The van der Waals surface area contributed by atoms with Crippen LogP contribution in [0.25, 0.3) is 0 Å². The highest BCUT2D eigenvalue weighted by Crippen LogP contribution is 2.29. The third-order valence-corrected chi connectivity index (χ3v) is 3.83. The van der Waals surface area contributed by atoms with Crippen LogP contribution in [0.4, 0.5) is 4.39 Å². The third kappa shape index (κ3) is 3.07. The van der Waals surface area contributed by atoms with Gasteiger partial charge in [-0.15, -0.1) is 12.4 Å². The first-order chi connectivity index (χ1) is 8.74. The minimum Gasteiger partial charge on any atom is -0.490 e. The Morgan fingerprint density at radius 3 is 2.53 bits per heavy atom. The maximum Gasteiger partial charge on any atom is 0.152 e. The minimum atomic E-state index is -0.514. The van der Waals surface area contributed by atoms with E-state index in [4.69, 9.17) is 4.74 Å². The predicted octanol–water partition coefficient (Wildman–Crippen LogP) is 2.72. The van der Waals surface area contributed by atoms with Crippen LogP contribution in [-0.4, -0.2) is 24.5 Å². The first kappa shape index (κ1) is 14.3. The number of aldehydes is 1. The van der Waals surface area contributed by atoms with Crippen molar-refractivity contribution in [2.45, 2.75) is 43.9 Å². The molecule has 1 unspecified atom stereocenters. The van der Waals surface area contributed by atoms with Gasteiger partial charge in [-0.05, 0) is 37.8 Å². The fraction of sp³-hybridized carbons (Fsp3) is 0.500. The van der Waals surface area contributed by atoms with Crippen LogP contribution in [-0.2, 0) is 0 Å². The van der Waals surface area contributed by atoms with Gasteiger partial charge in [-0.1, -0.05) is 0 Å². The van der Waals surface area contributed by atoms with Crippen LogP contribution >= 0.6 is 12.4 Å². The number of hydrogen-bond donors (Lipinski definition) is 1. The molecule has 2 aliphatic heterocycles. The molecule has 104 valence electrons. The SMILES string of the molecule is Cl.O=Cc1ccc(OC2C[C@H]3CC[C@@H](C2)N3)cc1F. The van der Waals surface area contributed by atoms with Crippen molar-refractivity contribution in [2.75, 3.05) is 0 Å². The molecule has 0 radical (unpaired) electrons. The van der Waals surface area contributed by atoms with Crippen LogP contribution in [0.3, 0.4) is 0 Å². The van der Waals surface area contributed by atoms with Gasteiger partial charge >= 0.3 is 0 Å². The van der Waals surface area contributed by atoms with E-state index in [0.717, 1.165) is 12.8 Å². The molecule has 2 heterocycles. The summed E-state index contributed by atoms with van der Waals surface area (Å²) in [4.78, 5) is 10.5. The summed E-state index contributed by atoms with van der Waals surface area (Å²) in [5.74, 6) is 0.00352. The Bertz CT molecular complexity index is 457. The molecule has 3 nitrogen and oxygen atoms in total. The maximum absolute atomic E-state index is 13.4. The zero-order chi connectivity index (χ0) is 12.5. The molecule has 0 aliphatic carbocycles. The smallest absolute Gasteiger partial charge is 0.152 e. The first-order valence-corrected chi connectivity index (χ1v) is 6.42. The van der Waals surface area contributed by atoms with Crippen molar-refractivity contribution in [1.82, 2.24) is 5.32 Å². The fourth-order valence-corrected chi connectivity index (χ4v) is 2.97. The van der Waals surface area contributed by atoms with Crippen molar-refractivity contribution >= 4 is 18.7 Å². The standard InChI is InChI=1S/C14H16FNO2.ClH/c15-14-7-12(4-1-9(14)8-17)18-13-5-10-2-3-11(6-13)16-10;/h1,4,7-8,10-11,13,16H,2-3,5-6H2;1H/t10-,11+,13?;. The predicted molar refractivity (Wildman–Crippen MR) is 72.6 cm³/mol. The lowest BCUT2D eigenvalue weighted by molar-refractivity contribution is 0.111. The molecule has 0 amide bonds. The van der Waals surface area contributed by atoms with Crippen LogP contribution in [0.15, 0.2) is 18.2 Å². The molecule has 19 heavy (non-hydrogen) atoms. The second-order valence-electron chi connectivity index (χ2n) is 5.15. The average molecular weight is 286 g/mol. The first-order valence-electron chi connectivity index (χ1n) is 6.42. The summed E-state index contributed by atoms with van der Waals surface area (Å²) in [5, 5.41) is 3.54. The second kappa shape index (κ2) is 5.88. The molecule has 2 saturated heterocycles. The lowest BCUT2D eigenvalue weighted by Gasteiger charge is -2.29. The van der Waals surface area contributed by atoms with E-state index >= 15 is 0 Å². The average Bonchev–Trinajstić information content (AvgIpc) is 2.69. The molecule has 1 aromatic carbocycles. The Morgan fingerprint density at radius 2 is 1.95 bits per heavy atom. The number of piperidine rings is 1. The molecule has 0 aromatic heterocycles. The van der Waals surface area contributed by atoms with E-state index in [1.807, 2.05) is 0 Å². The van der Waals surface area contributed by atoms with Gasteiger partial charge in [0, 0.05) is 18.2 Å². The molecular formula is C14H17ClFNO2. The van der Waals surface area contributed by atoms with Gasteiger partial charge in [0.1, 0.15) is 17.7 Å². The molecule has 2 fully saturated rings. The van der Waals surface area contributed by atoms with Gasteiger partial charge < -0.3 is 10.1 Å². The van der Waals surface area contributed by atoms with E-state index in [2.05, 4.69) is 5.32 Å². The number of carbonyl (C=O) groups is 1. The highest BCUT2D eigenvalue weighted by Gasteiger charge is 2.34. The normalized spacial score (nSPS) is 28.6. The van der Waals surface area contributed by atoms with Crippen molar-refractivity contribution in [3.8, 4) is 5.75 Å². The summed E-state index contributed by atoms with van der Waals surface area (Å²) in [6.07, 6.45) is 5.06. The van der Waals surface area contributed by atoms with Crippen LogP contribution in [0.5, 0.6) is 5.75 Å². The molecule has 1 N–H and O–H groups in total. The van der Waals surface area contributed by atoms with E-state index in [1.54, 1.807) is 6.07 Å². The highest BCUT2D eigenvalue weighted by atomic mass is 35.5. The number of nitrogens with one attached hydrogen (secondary N) is 1. The Labute approximate surface area is 117 Å². The van der Waals surface area contributed by atoms with Crippen molar-refractivity contribution in [3.05, 3.63) is 29.6 Å². The summed E-state index contributed by atoms with van der Waals surface area (Å²) >= 11 is 0. The maximum atomic E-state index is 13.4. The lowest BCUT2D eigenvalue weighted by atomic mass is 10.0. The fourth-order valence-electron chi connectivity index (χ4n) is 2.97. The molecule has 3 atom stereocenters. The molecule has 0 spiro atoms. The van der Waals surface area contributed by atoms with E-state index in [0.29, 0.717) is 24.1 Å². The van der Waals surface area contributed by atoms with Gasteiger partial charge in [0.2, 0.25) is 0 Å². The number of rotatable bonds is 3. The molecule has 0 saturated carbocycles. The quantitative estimate of drug-likeness (QED) is 0.868. The van der Waals surface area contributed by atoms with Crippen LogP contribution in [0.2, 0.25) is 0 Å². The largest absolute Gasteiger partial charge is 0.490 e. The van der Waals surface area contributed by atoms with E-state index < -0.39 is 5.82 Å². The van der Waals surface area contributed by atoms with Crippen molar-refractivity contribution in [3.63, 3.8) is 0 Å². The van der Waals surface area contributed by atoms with Gasteiger partial charge in [-0.2, -0.15) is 0 Å². The van der Waals surface area contributed by atoms with Gasteiger partial charge in [0.15, 0.2) is 6.29 Å². The highest BCUT2D eigenvalue weighted by molar-refractivity contribution is 5.85. The van der Waals surface area contributed by atoms with Crippen molar-refractivity contribution in [1.29, 1.82) is 0 Å². The van der Waals surface area contributed by atoms with E-state index in [1.165, 1.54) is 25.0 Å². The Hall–Kier alpha value is -1.13. The van der Waals surface area contributed by atoms with Crippen molar-refractivity contribution < 1.29 is 13.9 Å². The summed E-state index contributed by atoms with van der Waals surface area (Å²) in [7, 11) is 0. The summed E-state index contributed by atoms with van der Waals surface area (Å²) in [6, 6.07) is 5.53. The zero-order valence-electron chi connectivity index (χ0n) is 10.5. The second-order valence-corrected chi connectivity index (χ2v) is 5.15. The number of ether oxygens (including phenoxy) is 1. The zero-order valence-corrected chi connectivity index (χ0v) is 11.3. The number of halogens is 2. The molecular weight excluding hydrogens is 269 g/mol. The third-order valence-electron chi connectivity index (χ3n) is 3.83. The van der Waals surface area contributed by atoms with Crippen LogP contribution in [0, 0.1) is 5.82 Å². The number of hydrogen-bond acceptors (Lipinski definition) is 3. The topological polar surface area (TPSA) is 38.3 Å². The van der Waals surface area contributed by atoms with E-state index in [-0.39, 0.29) is 24.1 Å².